The first kappa shape index (κ1) is 30.5. The fourth-order valence-electron chi connectivity index (χ4n) is 3.33. The summed E-state index contributed by atoms with van der Waals surface area (Å²) in [7, 11) is -1.88. The van der Waals surface area contributed by atoms with Crippen molar-refractivity contribution in [3.05, 3.63) is 64.7 Å². The van der Waals surface area contributed by atoms with Crippen LogP contribution in [0.25, 0.3) is 0 Å². The number of benzene rings is 2. The molecular formula is C30H42CrO4Si. The Kier molecular flexibility index (Phi) is 12.1. The average molecular weight is 547 g/mol. The smallest absolute Gasteiger partial charge is 0.0622 e. The molecule has 0 aliphatic rings. The van der Waals surface area contributed by atoms with E-state index >= 15 is 0 Å². The fraction of sp³-hybridized carbons (Fsp3) is 0.500. The summed E-state index contributed by atoms with van der Waals surface area (Å²) in [6.45, 7) is 20.1. The van der Waals surface area contributed by atoms with Crippen LogP contribution in [0, 0.1) is 31.6 Å². The Morgan fingerprint density at radius 3 is 2.25 bits per heavy atom. The standard InChI is InChI=1S/C30H42O4Si.Cr/c1-24(21-33-22-27-14-10-9-11-15-27)13-12-16-31-17-18-32-23-29-25(2)19-28(20-26(29)3)34-35(7,8)30(4,5)6;/h9-11,14-15,19-20,24H,16-18,21-22H2,1-8H3;. The molecule has 0 bridgehead atoms. The van der Waals surface area contributed by atoms with Crippen LogP contribution in [-0.4, -0.2) is 39.3 Å². The third-order valence-corrected chi connectivity index (χ3v) is 11.2. The van der Waals surface area contributed by atoms with Gasteiger partial charge in [0.15, 0.2) is 0 Å². The van der Waals surface area contributed by atoms with Crippen molar-refractivity contribution in [3.63, 3.8) is 0 Å². The Labute approximate surface area is 227 Å². The van der Waals surface area contributed by atoms with Crippen LogP contribution in [0.15, 0.2) is 42.5 Å². The van der Waals surface area contributed by atoms with E-state index in [1.165, 1.54) is 5.56 Å². The summed E-state index contributed by atoms with van der Waals surface area (Å²) >= 11 is 3.08. The summed E-state index contributed by atoms with van der Waals surface area (Å²) < 4.78 is 24.6. The number of aryl methyl sites for hydroxylation is 2. The summed E-state index contributed by atoms with van der Waals surface area (Å²) in [5.74, 6) is 7.35. The molecule has 0 fully saturated rings. The minimum atomic E-state index is -1.88. The Morgan fingerprint density at radius 2 is 1.64 bits per heavy atom. The van der Waals surface area contributed by atoms with Crippen LogP contribution in [0.1, 0.15) is 49.9 Å². The van der Waals surface area contributed by atoms with E-state index in [2.05, 4.69) is 107 Å². The molecule has 0 aliphatic carbocycles. The Hall–Kier alpha value is -1.70. The Balaban J connectivity index is 1.72. The third-order valence-electron chi connectivity index (χ3n) is 6.35. The van der Waals surface area contributed by atoms with Crippen molar-refractivity contribution in [1.82, 2.24) is 0 Å². The number of hydrogen-bond donors (Lipinski definition) is 0. The second kappa shape index (κ2) is 14.3. The van der Waals surface area contributed by atoms with Crippen molar-refractivity contribution in [2.45, 2.75) is 66.3 Å². The average Bonchev–Trinajstić information content (AvgIpc) is 2.77. The van der Waals surface area contributed by atoms with Gasteiger partial charge in [0.05, 0.1) is 0 Å². The molecule has 2 rings (SSSR count). The molecule has 0 saturated heterocycles. The summed E-state index contributed by atoms with van der Waals surface area (Å²) in [6.07, 6.45) is 0. The van der Waals surface area contributed by atoms with Crippen LogP contribution in [0.2, 0.25) is 18.1 Å². The van der Waals surface area contributed by atoms with Crippen molar-refractivity contribution in [2.24, 2.45) is 5.92 Å². The molecule has 6 heteroatoms. The molecule has 0 radical (unpaired) electrons. The predicted octanol–water partition coefficient (Wildman–Crippen LogP) is 6.60. The Bertz CT molecular complexity index is 1030. The molecular weight excluding hydrogens is 504 g/mol. The SMILES string of the molecule is Cc1cc(O[Si](C)(C)C(C)(C)C)cc(C)c1[C](=[Cr])OCCOCC#CC(C)COCc1ccccc1. The normalized spacial score (nSPS) is 12.6. The maximum absolute atomic E-state index is 6.50. The molecule has 1 unspecified atom stereocenters. The van der Waals surface area contributed by atoms with E-state index in [0.29, 0.717) is 33.0 Å². The van der Waals surface area contributed by atoms with E-state index in [4.69, 9.17) is 18.6 Å². The van der Waals surface area contributed by atoms with E-state index < -0.39 is 8.32 Å². The van der Waals surface area contributed by atoms with Crippen molar-refractivity contribution < 1.29 is 34.5 Å². The zero-order chi connectivity index (χ0) is 26.8. The van der Waals surface area contributed by atoms with E-state index in [-0.39, 0.29) is 11.0 Å². The van der Waals surface area contributed by atoms with Crippen LogP contribution in [0.4, 0.5) is 0 Å². The van der Waals surface area contributed by atoms with Gasteiger partial charge in [-0.3, -0.25) is 0 Å². The molecule has 2 aromatic rings. The van der Waals surface area contributed by atoms with Gasteiger partial charge < -0.3 is 0 Å². The van der Waals surface area contributed by atoms with Gasteiger partial charge in [-0.2, -0.15) is 0 Å². The van der Waals surface area contributed by atoms with Crippen molar-refractivity contribution in [2.75, 3.05) is 26.4 Å². The van der Waals surface area contributed by atoms with Crippen molar-refractivity contribution in [3.8, 4) is 17.6 Å². The predicted molar refractivity (Wildman–Crippen MR) is 148 cm³/mol. The minimum absolute atomic E-state index is 0.158. The van der Waals surface area contributed by atoms with Crippen molar-refractivity contribution in [1.29, 1.82) is 0 Å². The first-order valence-electron chi connectivity index (χ1n) is 12.6. The summed E-state index contributed by atoms with van der Waals surface area (Å²) in [5, 5.41) is 0.158. The molecule has 36 heavy (non-hydrogen) atoms. The van der Waals surface area contributed by atoms with Gasteiger partial charge in [0.1, 0.15) is 0 Å². The second-order valence-corrected chi connectivity index (χ2v) is 16.0. The van der Waals surface area contributed by atoms with Crippen LogP contribution in [0.5, 0.6) is 5.75 Å². The first-order valence-corrected chi connectivity index (χ1v) is 16.1. The second-order valence-electron chi connectivity index (χ2n) is 10.7. The van der Waals surface area contributed by atoms with Crippen LogP contribution in [-0.2, 0) is 36.7 Å². The summed E-state index contributed by atoms with van der Waals surface area (Å²) in [4.78, 5) is 0. The van der Waals surface area contributed by atoms with Crippen LogP contribution in [0.3, 0.4) is 0 Å². The van der Waals surface area contributed by atoms with Crippen LogP contribution < -0.4 is 4.43 Å². The van der Waals surface area contributed by atoms with Crippen LogP contribution >= 0.6 is 0 Å². The van der Waals surface area contributed by atoms with Gasteiger partial charge in [0, 0.05) is 0 Å². The number of ether oxygens (including phenoxy) is 3. The van der Waals surface area contributed by atoms with E-state index in [0.717, 1.165) is 27.0 Å². The third kappa shape index (κ3) is 9.98. The molecule has 0 amide bonds. The molecule has 0 N–H and O–H groups in total. The number of hydrogen-bond acceptors (Lipinski definition) is 4. The van der Waals surface area contributed by atoms with Gasteiger partial charge in [-0.1, -0.05) is 30.3 Å². The molecule has 0 saturated carbocycles. The van der Waals surface area contributed by atoms with Gasteiger partial charge in [-0.15, -0.1) is 0 Å². The minimum Gasteiger partial charge on any atom is -0.0622 e. The molecule has 0 aliphatic heterocycles. The van der Waals surface area contributed by atoms with Crippen molar-refractivity contribution >= 4 is 12.9 Å². The molecule has 196 valence electrons. The van der Waals surface area contributed by atoms with E-state index in [1.54, 1.807) is 0 Å². The zero-order valence-corrected chi connectivity index (χ0v) is 25.5. The number of rotatable bonds is 12. The maximum atomic E-state index is 6.50. The van der Waals surface area contributed by atoms with Gasteiger partial charge >= 0.3 is 192 Å². The topological polar surface area (TPSA) is 36.9 Å². The van der Waals surface area contributed by atoms with Gasteiger partial charge in [-0.25, -0.2) is 0 Å². The van der Waals surface area contributed by atoms with Gasteiger partial charge in [0.2, 0.25) is 0 Å². The zero-order valence-electron chi connectivity index (χ0n) is 23.2. The quantitative estimate of drug-likeness (QED) is 0.171. The Morgan fingerprint density at radius 1 is 1.00 bits per heavy atom. The molecule has 0 heterocycles. The molecule has 0 spiro atoms. The van der Waals surface area contributed by atoms with E-state index in [1.807, 2.05) is 18.2 Å². The molecule has 0 aromatic heterocycles. The first-order chi connectivity index (χ1) is 16.9. The molecule has 2 aromatic carbocycles. The monoisotopic (exact) mass is 546 g/mol. The van der Waals surface area contributed by atoms with Gasteiger partial charge in [-0.05, 0) is 5.56 Å². The summed E-state index contributed by atoms with van der Waals surface area (Å²) in [5.41, 5.74) is 4.52. The van der Waals surface area contributed by atoms with Gasteiger partial charge in [0.25, 0.3) is 0 Å². The summed E-state index contributed by atoms with van der Waals surface area (Å²) in [6, 6.07) is 14.4. The molecule has 1 atom stereocenters. The fourth-order valence-corrected chi connectivity index (χ4v) is 4.97. The molecule has 4 nitrogen and oxygen atoms in total. The van der Waals surface area contributed by atoms with E-state index in [9.17, 15) is 0 Å².